The molecule has 0 atom stereocenters. The lowest BCUT2D eigenvalue weighted by atomic mass is 9.85. The van der Waals surface area contributed by atoms with E-state index in [-0.39, 0.29) is 0 Å². The molecular formula is C14H20ClN. The lowest BCUT2D eigenvalue weighted by Crippen LogP contribution is -2.33. The Labute approximate surface area is 103 Å². The molecule has 0 spiro atoms. The fourth-order valence-electron chi connectivity index (χ4n) is 2.22. The maximum atomic E-state index is 5.96. The van der Waals surface area contributed by atoms with E-state index in [0.717, 1.165) is 19.0 Å². The van der Waals surface area contributed by atoms with Crippen LogP contribution in [0.5, 0.6) is 0 Å². The van der Waals surface area contributed by atoms with Crippen molar-refractivity contribution in [2.75, 3.05) is 6.54 Å². The van der Waals surface area contributed by atoms with E-state index in [1.807, 2.05) is 0 Å². The Hall–Kier alpha value is -0.530. The van der Waals surface area contributed by atoms with Crippen LogP contribution in [0.4, 0.5) is 0 Å². The first-order chi connectivity index (χ1) is 7.65. The van der Waals surface area contributed by atoms with Crippen LogP contribution in [0.2, 0.25) is 0 Å². The van der Waals surface area contributed by atoms with Gasteiger partial charge < -0.3 is 5.32 Å². The van der Waals surface area contributed by atoms with E-state index in [1.54, 1.807) is 0 Å². The number of hydrogen-bond donors (Lipinski definition) is 1. The minimum Gasteiger partial charge on any atom is -0.312 e. The Balaban J connectivity index is 1.78. The van der Waals surface area contributed by atoms with E-state index < -0.39 is 0 Å². The summed E-state index contributed by atoms with van der Waals surface area (Å²) in [5.41, 5.74) is 4.13. The maximum absolute atomic E-state index is 5.96. The minimum atomic E-state index is 0.438. The smallest absolute Gasteiger partial charge is 0.0342 e. The average Bonchev–Trinajstić information content (AvgIpc) is 2.20. The van der Waals surface area contributed by atoms with E-state index in [0.29, 0.717) is 5.38 Å². The van der Waals surface area contributed by atoms with Crippen LogP contribution in [-0.2, 0) is 6.54 Å². The Morgan fingerprint density at radius 1 is 1.31 bits per heavy atom. The summed E-state index contributed by atoms with van der Waals surface area (Å²) in [7, 11) is 0. The third kappa shape index (κ3) is 2.99. The van der Waals surface area contributed by atoms with Gasteiger partial charge in [-0.2, -0.15) is 0 Å². The van der Waals surface area contributed by atoms with Gasteiger partial charge in [0, 0.05) is 11.9 Å². The van der Waals surface area contributed by atoms with Crippen molar-refractivity contribution in [1.29, 1.82) is 0 Å². The molecule has 0 aliphatic heterocycles. The summed E-state index contributed by atoms with van der Waals surface area (Å²) in [6, 6.07) is 6.64. The van der Waals surface area contributed by atoms with Crippen LogP contribution in [0.1, 0.15) is 29.5 Å². The summed E-state index contributed by atoms with van der Waals surface area (Å²) < 4.78 is 0. The van der Waals surface area contributed by atoms with E-state index in [1.165, 1.54) is 29.5 Å². The summed E-state index contributed by atoms with van der Waals surface area (Å²) in [5, 5.41) is 3.97. The summed E-state index contributed by atoms with van der Waals surface area (Å²) in [4.78, 5) is 0. The van der Waals surface area contributed by atoms with E-state index in [9.17, 15) is 0 Å². The zero-order chi connectivity index (χ0) is 11.5. The van der Waals surface area contributed by atoms with Gasteiger partial charge in [0.25, 0.3) is 0 Å². The molecule has 0 amide bonds. The van der Waals surface area contributed by atoms with Crippen molar-refractivity contribution in [2.45, 2.75) is 38.6 Å². The van der Waals surface area contributed by atoms with Crippen LogP contribution in [0.15, 0.2) is 18.2 Å². The highest BCUT2D eigenvalue weighted by molar-refractivity contribution is 6.21. The van der Waals surface area contributed by atoms with Crippen molar-refractivity contribution < 1.29 is 0 Å². The monoisotopic (exact) mass is 237 g/mol. The first kappa shape index (κ1) is 11.9. The molecule has 0 heterocycles. The fourth-order valence-corrected chi connectivity index (χ4v) is 2.73. The van der Waals surface area contributed by atoms with Gasteiger partial charge in [0.15, 0.2) is 0 Å². The number of aryl methyl sites for hydroxylation is 2. The van der Waals surface area contributed by atoms with E-state index in [4.69, 9.17) is 11.6 Å². The first-order valence-electron chi connectivity index (χ1n) is 6.06. The highest BCUT2D eigenvalue weighted by Crippen LogP contribution is 2.31. The Kier molecular flexibility index (Phi) is 3.88. The standard InChI is InChI=1S/C14H20ClN/c1-10-3-4-11(2)13(5-10)9-16-8-12-6-14(15)7-12/h3-5,12,14,16H,6-9H2,1-2H3. The van der Waals surface area contributed by atoms with Gasteiger partial charge in [0.05, 0.1) is 0 Å². The molecule has 1 aromatic carbocycles. The molecule has 1 aliphatic rings. The SMILES string of the molecule is Cc1ccc(C)c(CNCC2CC(Cl)C2)c1. The molecule has 0 radical (unpaired) electrons. The van der Waals surface area contributed by atoms with Crippen LogP contribution in [-0.4, -0.2) is 11.9 Å². The topological polar surface area (TPSA) is 12.0 Å². The summed E-state index contributed by atoms with van der Waals surface area (Å²) in [5.74, 6) is 0.799. The lowest BCUT2D eigenvalue weighted by Gasteiger charge is -2.31. The molecule has 1 aromatic rings. The van der Waals surface area contributed by atoms with Gasteiger partial charge in [-0.3, -0.25) is 0 Å². The van der Waals surface area contributed by atoms with Gasteiger partial charge in [-0.15, -0.1) is 11.6 Å². The molecule has 0 bridgehead atoms. The first-order valence-corrected chi connectivity index (χ1v) is 6.49. The second kappa shape index (κ2) is 5.20. The molecule has 1 aliphatic carbocycles. The van der Waals surface area contributed by atoms with Gasteiger partial charge in [-0.1, -0.05) is 23.8 Å². The molecule has 1 nitrogen and oxygen atoms in total. The molecule has 1 fully saturated rings. The van der Waals surface area contributed by atoms with Gasteiger partial charge >= 0.3 is 0 Å². The molecule has 0 saturated heterocycles. The largest absolute Gasteiger partial charge is 0.312 e. The number of benzene rings is 1. The zero-order valence-corrected chi connectivity index (χ0v) is 10.8. The van der Waals surface area contributed by atoms with E-state index in [2.05, 4.69) is 37.4 Å². The van der Waals surface area contributed by atoms with Gasteiger partial charge in [-0.05, 0) is 50.3 Å². The van der Waals surface area contributed by atoms with Gasteiger partial charge in [0.2, 0.25) is 0 Å². The van der Waals surface area contributed by atoms with E-state index >= 15 is 0 Å². The number of alkyl halides is 1. The molecule has 2 heteroatoms. The average molecular weight is 238 g/mol. The molecule has 88 valence electrons. The predicted molar refractivity (Wildman–Crippen MR) is 70.0 cm³/mol. The summed E-state index contributed by atoms with van der Waals surface area (Å²) in [6.07, 6.45) is 2.36. The van der Waals surface area contributed by atoms with Crippen molar-refractivity contribution in [1.82, 2.24) is 5.32 Å². The predicted octanol–water partition coefficient (Wildman–Crippen LogP) is 3.41. The molecule has 2 rings (SSSR count). The van der Waals surface area contributed by atoms with Crippen molar-refractivity contribution in [3.63, 3.8) is 0 Å². The van der Waals surface area contributed by atoms with Crippen LogP contribution >= 0.6 is 11.6 Å². The van der Waals surface area contributed by atoms with Crippen LogP contribution in [0.3, 0.4) is 0 Å². The van der Waals surface area contributed by atoms with Gasteiger partial charge in [-0.25, -0.2) is 0 Å². The molecular weight excluding hydrogens is 218 g/mol. The van der Waals surface area contributed by atoms with Crippen molar-refractivity contribution >= 4 is 11.6 Å². The molecule has 1 N–H and O–H groups in total. The number of nitrogens with one attached hydrogen (secondary N) is 1. The quantitative estimate of drug-likeness (QED) is 0.792. The van der Waals surface area contributed by atoms with Gasteiger partial charge in [0.1, 0.15) is 0 Å². The third-order valence-electron chi connectivity index (χ3n) is 3.43. The number of hydrogen-bond acceptors (Lipinski definition) is 1. The fraction of sp³-hybridized carbons (Fsp3) is 0.571. The second-order valence-electron chi connectivity index (χ2n) is 5.00. The number of halogens is 1. The molecule has 1 saturated carbocycles. The zero-order valence-electron chi connectivity index (χ0n) is 10.1. The molecule has 0 aromatic heterocycles. The van der Waals surface area contributed by atoms with Crippen molar-refractivity contribution in [3.8, 4) is 0 Å². The van der Waals surface area contributed by atoms with Crippen LogP contribution in [0, 0.1) is 19.8 Å². The Morgan fingerprint density at radius 2 is 2.06 bits per heavy atom. The third-order valence-corrected chi connectivity index (χ3v) is 3.79. The second-order valence-corrected chi connectivity index (χ2v) is 5.61. The number of rotatable bonds is 4. The van der Waals surface area contributed by atoms with Crippen molar-refractivity contribution in [3.05, 3.63) is 34.9 Å². The Morgan fingerprint density at radius 3 is 2.75 bits per heavy atom. The summed E-state index contributed by atoms with van der Waals surface area (Å²) in [6.45, 7) is 6.41. The molecule has 0 unspecified atom stereocenters. The van der Waals surface area contributed by atoms with Crippen LogP contribution in [0.25, 0.3) is 0 Å². The van der Waals surface area contributed by atoms with Crippen molar-refractivity contribution in [2.24, 2.45) is 5.92 Å². The Bertz CT molecular complexity index is 356. The summed E-state index contributed by atoms with van der Waals surface area (Å²) >= 11 is 5.96. The lowest BCUT2D eigenvalue weighted by molar-refractivity contribution is 0.308. The molecule has 16 heavy (non-hydrogen) atoms. The van der Waals surface area contributed by atoms with Crippen LogP contribution < -0.4 is 5.32 Å². The maximum Gasteiger partial charge on any atom is 0.0342 e. The minimum absolute atomic E-state index is 0.438. The normalized spacial score (nSPS) is 24.2. The highest BCUT2D eigenvalue weighted by atomic mass is 35.5. The highest BCUT2D eigenvalue weighted by Gasteiger charge is 2.26.